The van der Waals surface area contributed by atoms with Gasteiger partial charge in [-0.1, -0.05) is 73.6 Å². The number of fused-ring (bicyclic) bond motifs is 5. The van der Waals surface area contributed by atoms with Crippen LogP contribution in [-0.2, 0) is 17.7 Å². The first-order valence-electron chi connectivity index (χ1n) is 13.6. The van der Waals surface area contributed by atoms with E-state index in [1.54, 1.807) is 0 Å². The number of hydrogen-bond acceptors (Lipinski definition) is 7. The number of benzene rings is 1. The fourth-order valence-corrected chi connectivity index (χ4v) is 17.2. The second kappa shape index (κ2) is 10.0. The molecule has 2 saturated heterocycles. The predicted molar refractivity (Wildman–Crippen MR) is 146 cm³/mol. The summed E-state index contributed by atoms with van der Waals surface area (Å²) in [5.41, 5.74) is 2.51. The topological polar surface area (TPSA) is 76.3 Å². The molecular formula is C27H41N3O5Si2. The van der Waals surface area contributed by atoms with Crippen LogP contribution in [0, 0.1) is 0 Å². The van der Waals surface area contributed by atoms with E-state index in [1.807, 2.05) is 47.2 Å². The van der Waals surface area contributed by atoms with Crippen LogP contribution in [0.15, 0.2) is 47.6 Å². The van der Waals surface area contributed by atoms with Crippen molar-refractivity contribution in [3.8, 4) is 6.01 Å². The summed E-state index contributed by atoms with van der Waals surface area (Å²) in [7, 11) is -5.37. The summed E-state index contributed by atoms with van der Waals surface area (Å²) in [5.74, 6) is 0. The highest BCUT2D eigenvalue weighted by molar-refractivity contribution is 6.84. The highest BCUT2D eigenvalue weighted by Gasteiger charge is 2.63. The van der Waals surface area contributed by atoms with E-state index in [0.29, 0.717) is 29.2 Å². The normalized spacial score (nSPS) is 28.7. The van der Waals surface area contributed by atoms with Crippen molar-refractivity contribution in [3.63, 3.8) is 0 Å². The Kier molecular flexibility index (Phi) is 7.27. The van der Waals surface area contributed by atoms with Crippen LogP contribution in [0.2, 0.25) is 22.2 Å². The lowest BCUT2D eigenvalue weighted by atomic mass is 10.1. The van der Waals surface area contributed by atoms with Gasteiger partial charge in [0.05, 0.1) is 12.3 Å². The van der Waals surface area contributed by atoms with Crippen LogP contribution in [0.5, 0.6) is 6.01 Å². The summed E-state index contributed by atoms with van der Waals surface area (Å²) in [6.45, 7) is 18.3. The number of ether oxygens (including phenoxy) is 2. The van der Waals surface area contributed by atoms with Gasteiger partial charge < -0.3 is 22.4 Å². The largest absolute Gasteiger partial charge is 0.454 e. The van der Waals surface area contributed by atoms with E-state index in [-0.39, 0.29) is 35.6 Å². The first-order valence-corrected chi connectivity index (χ1v) is 17.5. The van der Waals surface area contributed by atoms with Crippen molar-refractivity contribution in [1.29, 1.82) is 0 Å². The van der Waals surface area contributed by atoms with Gasteiger partial charge in [0.2, 0.25) is 0 Å². The first-order chi connectivity index (χ1) is 17.6. The Labute approximate surface area is 222 Å². The first kappa shape index (κ1) is 26.8. The van der Waals surface area contributed by atoms with Gasteiger partial charge in [-0.05, 0) is 40.4 Å². The summed E-state index contributed by atoms with van der Waals surface area (Å²) < 4.78 is 36.4. The molecule has 3 aliphatic heterocycles. The highest BCUT2D eigenvalue weighted by Crippen LogP contribution is 2.50. The smallest absolute Gasteiger partial charge is 0.335 e. The number of hydrogen-bond donors (Lipinski definition) is 0. The molecule has 1 aromatic carbocycles. The molecule has 37 heavy (non-hydrogen) atoms. The van der Waals surface area contributed by atoms with Gasteiger partial charge in [0.1, 0.15) is 12.2 Å². The molecule has 0 spiro atoms. The second-order valence-electron chi connectivity index (χ2n) is 11.6. The summed E-state index contributed by atoms with van der Waals surface area (Å²) in [5, 5.41) is 0. The van der Waals surface area contributed by atoms with E-state index in [9.17, 15) is 0 Å². The Morgan fingerprint density at radius 2 is 1.51 bits per heavy atom. The molecule has 0 bridgehead atoms. The SMILES string of the molecule is CC(C)[Si]1(C(C)C)OC[C@H]2O[C@@H]3C(Oc4nc(=Nc5ccccc5)ccn43)[C@H]2O[Si](C(C)C)(C(C)C)O1. The summed E-state index contributed by atoms with van der Waals surface area (Å²) in [6.07, 6.45) is 0.756. The molecule has 8 nitrogen and oxygen atoms in total. The number of aromatic nitrogens is 2. The molecule has 4 heterocycles. The monoisotopic (exact) mass is 543 g/mol. The van der Waals surface area contributed by atoms with Crippen LogP contribution >= 0.6 is 0 Å². The van der Waals surface area contributed by atoms with Gasteiger partial charge in [-0.3, -0.25) is 4.57 Å². The van der Waals surface area contributed by atoms with Crippen LogP contribution in [0.3, 0.4) is 0 Å². The van der Waals surface area contributed by atoms with Crippen LogP contribution < -0.4 is 10.2 Å². The summed E-state index contributed by atoms with van der Waals surface area (Å²) in [6, 6.07) is 12.2. The maximum atomic E-state index is 7.32. The van der Waals surface area contributed by atoms with Crippen molar-refractivity contribution >= 4 is 22.8 Å². The Balaban J connectivity index is 1.50. The number of rotatable bonds is 5. The molecule has 2 aromatic rings. The third kappa shape index (κ3) is 4.55. The molecule has 1 unspecified atom stereocenters. The average molecular weight is 544 g/mol. The van der Waals surface area contributed by atoms with Crippen molar-refractivity contribution in [2.45, 2.75) is 102 Å². The molecular weight excluding hydrogens is 502 g/mol. The van der Waals surface area contributed by atoms with Gasteiger partial charge >= 0.3 is 23.1 Å². The average Bonchev–Trinajstić information content (AvgIpc) is 3.34. The molecule has 10 heteroatoms. The van der Waals surface area contributed by atoms with Gasteiger partial charge in [0, 0.05) is 6.20 Å². The van der Waals surface area contributed by atoms with Gasteiger partial charge in [-0.15, -0.1) is 0 Å². The number of nitrogens with zero attached hydrogens (tertiary/aromatic N) is 3. The molecule has 0 N–H and O–H groups in total. The van der Waals surface area contributed by atoms with Crippen molar-refractivity contribution < 1.29 is 22.4 Å². The lowest BCUT2D eigenvalue weighted by Gasteiger charge is -2.51. The van der Waals surface area contributed by atoms with E-state index in [0.717, 1.165) is 5.69 Å². The van der Waals surface area contributed by atoms with Gasteiger partial charge in [0.25, 0.3) is 0 Å². The quantitative estimate of drug-likeness (QED) is 0.448. The minimum Gasteiger partial charge on any atom is -0.454 e. The summed E-state index contributed by atoms with van der Waals surface area (Å²) in [4.78, 5) is 9.32. The van der Waals surface area contributed by atoms with Crippen LogP contribution in [-0.4, -0.2) is 51.6 Å². The van der Waals surface area contributed by atoms with Crippen molar-refractivity contribution in [1.82, 2.24) is 9.55 Å². The maximum absolute atomic E-state index is 7.32. The van der Waals surface area contributed by atoms with Crippen molar-refractivity contribution in [2.24, 2.45) is 4.99 Å². The zero-order chi connectivity index (χ0) is 26.5. The Bertz CT molecular complexity index is 1150. The highest BCUT2D eigenvalue weighted by atomic mass is 28.5. The Morgan fingerprint density at radius 1 is 0.865 bits per heavy atom. The molecule has 0 aliphatic carbocycles. The maximum Gasteiger partial charge on any atom is 0.335 e. The zero-order valence-corrected chi connectivity index (χ0v) is 25.3. The molecule has 202 valence electrons. The fraction of sp³-hybridized carbons (Fsp3) is 0.630. The van der Waals surface area contributed by atoms with Crippen molar-refractivity contribution in [2.75, 3.05) is 6.61 Å². The molecule has 3 aliphatic rings. The second-order valence-corrected chi connectivity index (χ2v) is 20.5. The fourth-order valence-electron chi connectivity index (χ4n) is 5.98. The lowest BCUT2D eigenvalue weighted by molar-refractivity contribution is -0.0555. The third-order valence-electron chi connectivity index (χ3n) is 7.95. The van der Waals surface area contributed by atoms with E-state index in [4.69, 9.17) is 22.4 Å². The molecule has 5 rings (SSSR count). The minimum absolute atomic E-state index is 0.234. The van der Waals surface area contributed by atoms with E-state index in [2.05, 4.69) is 65.4 Å². The lowest BCUT2D eigenvalue weighted by Crippen LogP contribution is -2.66. The van der Waals surface area contributed by atoms with E-state index >= 15 is 0 Å². The van der Waals surface area contributed by atoms with Crippen molar-refractivity contribution in [3.05, 3.63) is 48.1 Å². The standard InChI is InChI=1S/C27H41N3O5Si2/c1-17(2)36(18(3)4)31-16-22-24(34-37(35-36,19(5)6)20(7)8)25-26(32-22)30-15-14-23(29-27(30)33-25)28-21-12-10-9-11-13-21/h9-15,17-20,22,24-26H,16H2,1-8H3/t22-,24+,25?,26-/m1/s1. The Morgan fingerprint density at radius 3 is 2.14 bits per heavy atom. The molecule has 0 amide bonds. The molecule has 1 aromatic heterocycles. The Hall–Kier alpha value is -1.83. The third-order valence-corrected chi connectivity index (χ3v) is 18.2. The van der Waals surface area contributed by atoms with Crippen LogP contribution in [0.4, 0.5) is 5.69 Å². The van der Waals surface area contributed by atoms with Gasteiger partial charge in [-0.2, -0.15) is 4.98 Å². The zero-order valence-electron chi connectivity index (χ0n) is 23.3. The van der Waals surface area contributed by atoms with Crippen LogP contribution in [0.1, 0.15) is 61.6 Å². The van der Waals surface area contributed by atoms with E-state index in [1.165, 1.54) is 0 Å². The predicted octanol–water partition coefficient (Wildman–Crippen LogP) is 5.73. The molecule has 2 fully saturated rings. The molecule has 4 atom stereocenters. The van der Waals surface area contributed by atoms with Crippen LogP contribution in [0.25, 0.3) is 0 Å². The summed E-state index contributed by atoms with van der Waals surface area (Å²) >= 11 is 0. The van der Waals surface area contributed by atoms with E-state index < -0.39 is 17.1 Å². The molecule has 0 radical (unpaired) electrons. The molecule has 0 saturated carbocycles. The number of para-hydroxylation sites is 1. The van der Waals surface area contributed by atoms with Gasteiger partial charge in [0.15, 0.2) is 17.8 Å². The minimum atomic E-state index is -2.76. The van der Waals surface area contributed by atoms with Gasteiger partial charge in [-0.25, -0.2) is 4.99 Å².